The first-order valence-corrected chi connectivity index (χ1v) is 4.70. The maximum absolute atomic E-state index is 14.0. The van der Waals surface area contributed by atoms with Crippen LogP contribution in [0.15, 0.2) is 18.2 Å². The van der Waals surface area contributed by atoms with Gasteiger partial charge in [0, 0.05) is 11.1 Å². The van der Waals surface area contributed by atoms with Crippen LogP contribution < -0.4 is 0 Å². The lowest BCUT2D eigenvalue weighted by atomic mass is 9.86. The van der Waals surface area contributed by atoms with Crippen LogP contribution in [0.5, 0.6) is 0 Å². The molecule has 17 heavy (non-hydrogen) atoms. The van der Waals surface area contributed by atoms with Crippen molar-refractivity contribution in [3.8, 4) is 6.07 Å². The Morgan fingerprint density at radius 1 is 1.29 bits per heavy atom. The first kappa shape index (κ1) is 11.9. The van der Waals surface area contributed by atoms with Gasteiger partial charge in [0.05, 0.1) is 0 Å². The summed E-state index contributed by atoms with van der Waals surface area (Å²) in [5, 5.41) is 18.3. The second-order valence-corrected chi connectivity index (χ2v) is 4.08. The number of nitrogens with zero attached hydrogens (tertiary/aromatic N) is 1. The maximum Gasteiger partial charge on any atom is 0.323 e. The van der Waals surface area contributed by atoms with Crippen molar-refractivity contribution in [3.05, 3.63) is 35.1 Å². The second-order valence-electron chi connectivity index (χ2n) is 4.08. The molecule has 2 nitrogen and oxygen atoms in total. The Morgan fingerprint density at radius 2 is 1.88 bits per heavy atom. The Balaban J connectivity index is 2.89. The Morgan fingerprint density at radius 3 is 2.35 bits per heavy atom. The molecule has 1 aliphatic carbocycles. The van der Waals surface area contributed by atoms with Gasteiger partial charge in [0.1, 0.15) is 17.5 Å². The van der Waals surface area contributed by atoms with E-state index < -0.39 is 34.1 Å². The Labute approximate surface area is 94.1 Å². The summed E-state index contributed by atoms with van der Waals surface area (Å²) in [4.78, 5) is 0. The highest BCUT2D eigenvalue weighted by Crippen LogP contribution is 2.59. The highest BCUT2D eigenvalue weighted by molar-refractivity contribution is 5.50. The summed E-state index contributed by atoms with van der Waals surface area (Å²) in [6.45, 7) is 0.666. The highest BCUT2D eigenvalue weighted by atomic mass is 19.3. The number of nitriles is 1. The van der Waals surface area contributed by atoms with E-state index in [1.54, 1.807) is 0 Å². The van der Waals surface area contributed by atoms with E-state index in [2.05, 4.69) is 0 Å². The Bertz CT molecular complexity index is 535. The molecule has 0 aliphatic heterocycles. The predicted octanol–water partition coefficient (Wildman–Crippen LogP) is 2.37. The number of aliphatic hydroxyl groups is 1. The van der Waals surface area contributed by atoms with E-state index in [-0.39, 0.29) is 0 Å². The number of hydrogen-bond donors (Lipinski definition) is 1. The van der Waals surface area contributed by atoms with E-state index in [1.165, 1.54) is 0 Å². The van der Waals surface area contributed by atoms with Crippen molar-refractivity contribution < 1.29 is 22.7 Å². The first-order valence-electron chi connectivity index (χ1n) is 4.70. The van der Waals surface area contributed by atoms with E-state index in [0.717, 1.165) is 24.3 Å². The molecule has 1 aromatic carbocycles. The molecule has 0 fully saturated rings. The molecule has 1 aliphatic rings. The summed E-state index contributed by atoms with van der Waals surface area (Å²) in [5.74, 6) is -5.43. The van der Waals surface area contributed by atoms with Crippen molar-refractivity contribution in [2.24, 2.45) is 0 Å². The van der Waals surface area contributed by atoms with Gasteiger partial charge >= 0.3 is 5.92 Å². The fourth-order valence-corrected chi connectivity index (χ4v) is 2.12. The van der Waals surface area contributed by atoms with Crippen LogP contribution in [0.2, 0.25) is 0 Å². The molecule has 0 saturated heterocycles. The Hall–Kier alpha value is -1.61. The molecule has 0 heterocycles. The summed E-state index contributed by atoms with van der Waals surface area (Å²) in [6.07, 6.45) is 0. The minimum absolute atomic E-state index is 0.666. The van der Waals surface area contributed by atoms with Crippen LogP contribution >= 0.6 is 0 Å². The zero-order chi connectivity index (χ0) is 13.1. The largest absolute Gasteiger partial charge is 0.381 e. The lowest BCUT2D eigenvalue weighted by molar-refractivity contribution is -0.183. The normalized spacial score (nSPS) is 34.2. The lowest BCUT2D eigenvalue weighted by Gasteiger charge is -2.30. The summed E-state index contributed by atoms with van der Waals surface area (Å²) >= 11 is 0. The maximum atomic E-state index is 14.0. The summed E-state index contributed by atoms with van der Waals surface area (Å²) in [6, 6.07) is 3.36. The monoisotopic (exact) mass is 245 g/mol. The van der Waals surface area contributed by atoms with Gasteiger partial charge < -0.3 is 5.11 Å². The van der Waals surface area contributed by atoms with Crippen LogP contribution in [0.4, 0.5) is 17.6 Å². The van der Waals surface area contributed by atoms with Crippen molar-refractivity contribution in [1.29, 1.82) is 5.26 Å². The van der Waals surface area contributed by atoms with E-state index in [1.807, 2.05) is 0 Å². The molecule has 90 valence electrons. The number of halogens is 4. The van der Waals surface area contributed by atoms with Crippen molar-refractivity contribution in [2.75, 3.05) is 0 Å². The minimum Gasteiger partial charge on any atom is -0.381 e. The van der Waals surface area contributed by atoms with Gasteiger partial charge in [-0.15, -0.1) is 0 Å². The molecular weight excluding hydrogens is 238 g/mol. The topological polar surface area (TPSA) is 44.0 Å². The SMILES string of the molecule is CC1(O)c2c(F)cccc2C(F)(F)C1(F)C#N. The Kier molecular flexibility index (Phi) is 2.08. The number of hydrogen-bond acceptors (Lipinski definition) is 2. The summed E-state index contributed by atoms with van der Waals surface area (Å²) < 4.78 is 55.0. The molecule has 0 amide bonds. The van der Waals surface area contributed by atoms with E-state index >= 15 is 0 Å². The zero-order valence-corrected chi connectivity index (χ0v) is 8.64. The van der Waals surface area contributed by atoms with Gasteiger partial charge in [0.2, 0.25) is 0 Å². The van der Waals surface area contributed by atoms with E-state index in [0.29, 0.717) is 6.92 Å². The number of benzene rings is 1. The summed E-state index contributed by atoms with van der Waals surface area (Å²) in [5.41, 5.74) is -8.64. The van der Waals surface area contributed by atoms with Crippen LogP contribution in [0, 0.1) is 17.1 Å². The van der Waals surface area contributed by atoms with Gasteiger partial charge in [-0.25, -0.2) is 8.78 Å². The van der Waals surface area contributed by atoms with Crippen LogP contribution in [-0.4, -0.2) is 10.8 Å². The zero-order valence-electron chi connectivity index (χ0n) is 8.64. The molecule has 2 atom stereocenters. The van der Waals surface area contributed by atoms with E-state index in [4.69, 9.17) is 5.26 Å². The molecule has 1 N–H and O–H groups in total. The van der Waals surface area contributed by atoms with Crippen LogP contribution in [0.25, 0.3) is 0 Å². The molecule has 6 heteroatoms. The average molecular weight is 245 g/mol. The van der Waals surface area contributed by atoms with Crippen molar-refractivity contribution in [1.82, 2.24) is 0 Å². The number of alkyl halides is 3. The van der Waals surface area contributed by atoms with Gasteiger partial charge in [0.15, 0.2) is 0 Å². The third-order valence-electron chi connectivity index (χ3n) is 3.10. The molecule has 0 spiro atoms. The molecule has 2 unspecified atom stereocenters. The van der Waals surface area contributed by atoms with Gasteiger partial charge in [-0.3, -0.25) is 0 Å². The molecule has 0 bridgehead atoms. The van der Waals surface area contributed by atoms with Gasteiger partial charge in [0.25, 0.3) is 5.67 Å². The predicted molar refractivity (Wildman–Crippen MR) is 49.3 cm³/mol. The molecule has 0 radical (unpaired) electrons. The minimum atomic E-state index is -4.26. The van der Waals surface area contributed by atoms with E-state index in [9.17, 15) is 22.7 Å². The van der Waals surface area contributed by atoms with Crippen LogP contribution in [0.1, 0.15) is 18.1 Å². The third-order valence-corrected chi connectivity index (χ3v) is 3.10. The van der Waals surface area contributed by atoms with Crippen molar-refractivity contribution in [3.63, 3.8) is 0 Å². The molecule has 2 rings (SSSR count). The fourth-order valence-electron chi connectivity index (χ4n) is 2.12. The molecule has 0 saturated carbocycles. The number of fused-ring (bicyclic) bond motifs is 1. The van der Waals surface area contributed by atoms with Gasteiger partial charge in [-0.05, 0) is 13.0 Å². The van der Waals surface area contributed by atoms with Crippen molar-refractivity contribution in [2.45, 2.75) is 24.1 Å². The quantitative estimate of drug-likeness (QED) is 0.713. The molecular formula is C11H7F4NO. The molecule has 1 aromatic rings. The number of rotatable bonds is 0. The third kappa shape index (κ3) is 1.07. The van der Waals surface area contributed by atoms with Crippen molar-refractivity contribution >= 4 is 0 Å². The first-order chi connectivity index (χ1) is 7.70. The second kappa shape index (κ2) is 2.99. The standard InChI is InChI=1S/C11H7F4NO/c1-9(17)8-6(3-2-4-7(8)12)11(14,15)10(9,13)5-16/h2-4,17H,1H3. The lowest BCUT2D eigenvalue weighted by Crippen LogP contribution is -2.49. The fraction of sp³-hybridized carbons (Fsp3) is 0.364. The van der Waals surface area contributed by atoms with Gasteiger partial charge in [-0.2, -0.15) is 14.0 Å². The smallest absolute Gasteiger partial charge is 0.323 e. The summed E-state index contributed by atoms with van der Waals surface area (Å²) in [7, 11) is 0. The highest BCUT2D eigenvalue weighted by Gasteiger charge is 2.74. The molecule has 0 aromatic heterocycles. The van der Waals surface area contributed by atoms with Crippen LogP contribution in [-0.2, 0) is 11.5 Å². The van der Waals surface area contributed by atoms with Gasteiger partial charge in [-0.1, -0.05) is 12.1 Å². The van der Waals surface area contributed by atoms with Crippen LogP contribution in [0.3, 0.4) is 0 Å². The average Bonchev–Trinajstić information content (AvgIpc) is 2.37.